The van der Waals surface area contributed by atoms with Crippen molar-refractivity contribution in [2.45, 2.75) is 5.16 Å². The van der Waals surface area contributed by atoms with E-state index in [1.54, 1.807) is 19.2 Å². The summed E-state index contributed by atoms with van der Waals surface area (Å²) in [7, 11) is 1.59. The number of thioether (sulfide) groups is 1. The van der Waals surface area contributed by atoms with Crippen molar-refractivity contribution in [3.8, 4) is 5.75 Å². The molecule has 0 aliphatic heterocycles. The van der Waals surface area contributed by atoms with Crippen molar-refractivity contribution < 1.29 is 9.53 Å². The maximum atomic E-state index is 12.2. The van der Waals surface area contributed by atoms with Gasteiger partial charge in [-0.2, -0.15) is 0 Å². The van der Waals surface area contributed by atoms with Crippen LogP contribution >= 0.6 is 11.8 Å². The molecule has 1 heterocycles. The molecule has 0 aliphatic carbocycles. The summed E-state index contributed by atoms with van der Waals surface area (Å²) in [5.74, 6) is 1.08. The van der Waals surface area contributed by atoms with E-state index in [2.05, 4.69) is 9.97 Å². The lowest BCUT2D eigenvalue weighted by atomic mass is 10.1. The SMILES string of the molecule is COc1cccc(C(=O)CSc2nc3ccccc3[nH]2)c1. The third-order valence-electron chi connectivity index (χ3n) is 3.10. The Morgan fingerprint density at radius 2 is 2.10 bits per heavy atom. The fraction of sp³-hybridized carbons (Fsp3) is 0.125. The predicted octanol–water partition coefficient (Wildman–Crippen LogP) is 3.55. The van der Waals surface area contributed by atoms with Crippen LogP contribution in [0.3, 0.4) is 0 Å². The highest BCUT2D eigenvalue weighted by molar-refractivity contribution is 7.99. The number of methoxy groups -OCH3 is 1. The molecule has 0 saturated carbocycles. The second kappa shape index (κ2) is 6.01. The average molecular weight is 298 g/mol. The first-order valence-electron chi connectivity index (χ1n) is 6.51. The topological polar surface area (TPSA) is 55.0 Å². The molecule has 4 nitrogen and oxygen atoms in total. The van der Waals surface area contributed by atoms with Gasteiger partial charge in [-0.1, -0.05) is 36.0 Å². The summed E-state index contributed by atoms with van der Waals surface area (Å²) in [5, 5.41) is 0.757. The Morgan fingerprint density at radius 3 is 2.90 bits per heavy atom. The molecule has 2 aromatic carbocycles. The van der Waals surface area contributed by atoms with E-state index in [1.165, 1.54) is 11.8 Å². The van der Waals surface area contributed by atoms with Crippen LogP contribution in [0.15, 0.2) is 53.7 Å². The van der Waals surface area contributed by atoms with Gasteiger partial charge in [0.15, 0.2) is 10.9 Å². The van der Waals surface area contributed by atoms with E-state index in [0.717, 1.165) is 16.2 Å². The molecule has 0 atom stereocenters. The van der Waals surface area contributed by atoms with Crippen LogP contribution in [-0.4, -0.2) is 28.6 Å². The zero-order valence-electron chi connectivity index (χ0n) is 11.5. The first-order valence-corrected chi connectivity index (χ1v) is 7.49. The molecule has 106 valence electrons. The van der Waals surface area contributed by atoms with Crippen LogP contribution < -0.4 is 4.74 Å². The van der Waals surface area contributed by atoms with E-state index in [9.17, 15) is 4.79 Å². The third-order valence-corrected chi connectivity index (χ3v) is 3.97. The van der Waals surface area contributed by atoms with E-state index in [1.807, 2.05) is 36.4 Å². The van der Waals surface area contributed by atoms with Gasteiger partial charge in [0, 0.05) is 5.56 Å². The molecule has 0 amide bonds. The average Bonchev–Trinajstić information content (AvgIpc) is 2.95. The van der Waals surface area contributed by atoms with E-state index in [-0.39, 0.29) is 5.78 Å². The minimum atomic E-state index is 0.0550. The number of nitrogens with one attached hydrogen (secondary N) is 1. The van der Waals surface area contributed by atoms with Crippen LogP contribution in [0.4, 0.5) is 0 Å². The van der Waals surface area contributed by atoms with Crippen LogP contribution in [0.1, 0.15) is 10.4 Å². The molecule has 3 rings (SSSR count). The summed E-state index contributed by atoms with van der Waals surface area (Å²) < 4.78 is 5.13. The number of ketones is 1. The molecule has 5 heteroatoms. The number of benzene rings is 2. The fourth-order valence-electron chi connectivity index (χ4n) is 2.01. The van der Waals surface area contributed by atoms with Gasteiger partial charge in [0.2, 0.25) is 0 Å². The fourth-order valence-corrected chi connectivity index (χ4v) is 2.79. The first kappa shape index (κ1) is 13.7. The number of nitrogens with zero attached hydrogens (tertiary/aromatic N) is 1. The summed E-state index contributed by atoms with van der Waals surface area (Å²) in [5.41, 5.74) is 2.54. The molecule has 0 aliphatic rings. The quantitative estimate of drug-likeness (QED) is 0.578. The molecule has 1 aromatic heterocycles. The van der Waals surface area contributed by atoms with Crippen molar-refractivity contribution in [1.82, 2.24) is 9.97 Å². The largest absolute Gasteiger partial charge is 0.497 e. The molecule has 0 bridgehead atoms. The van der Waals surface area contributed by atoms with Crippen molar-refractivity contribution >= 4 is 28.6 Å². The van der Waals surface area contributed by atoms with Gasteiger partial charge < -0.3 is 9.72 Å². The van der Waals surface area contributed by atoms with E-state index in [0.29, 0.717) is 17.1 Å². The second-order valence-electron chi connectivity index (χ2n) is 4.50. The number of ether oxygens (including phenoxy) is 1. The summed E-state index contributed by atoms with van der Waals surface area (Å²) in [6, 6.07) is 15.0. The number of carbonyl (C=O) groups is 1. The smallest absolute Gasteiger partial charge is 0.173 e. The number of aromatic amines is 1. The lowest BCUT2D eigenvalue weighted by Crippen LogP contribution is -2.02. The molecule has 0 saturated heterocycles. The monoisotopic (exact) mass is 298 g/mol. The number of fused-ring (bicyclic) bond motifs is 1. The maximum Gasteiger partial charge on any atom is 0.173 e. The van der Waals surface area contributed by atoms with Crippen molar-refractivity contribution in [1.29, 1.82) is 0 Å². The number of para-hydroxylation sites is 2. The highest BCUT2D eigenvalue weighted by Gasteiger charge is 2.10. The van der Waals surface area contributed by atoms with Crippen LogP contribution in [-0.2, 0) is 0 Å². The van der Waals surface area contributed by atoms with Gasteiger partial charge >= 0.3 is 0 Å². The Morgan fingerprint density at radius 1 is 1.24 bits per heavy atom. The Hall–Kier alpha value is -2.27. The van der Waals surface area contributed by atoms with Crippen LogP contribution in [0, 0.1) is 0 Å². The molecule has 0 unspecified atom stereocenters. The first-order chi connectivity index (χ1) is 10.3. The zero-order valence-corrected chi connectivity index (χ0v) is 12.3. The Kier molecular flexibility index (Phi) is 3.92. The molecular weight excluding hydrogens is 284 g/mol. The number of hydrogen-bond acceptors (Lipinski definition) is 4. The molecule has 3 aromatic rings. The van der Waals surface area contributed by atoms with Gasteiger partial charge in [0.1, 0.15) is 5.75 Å². The number of hydrogen-bond donors (Lipinski definition) is 1. The predicted molar refractivity (Wildman–Crippen MR) is 84.1 cm³/mol. The van der Waals surface area contributed by atoms with Gasteiger partial charge in [-0.05, 0) is 24.3 Å². The number of aromatic nitrogens is 2. The Bertz CT molecular complexity index is 750. The summed E-state index contributed by atoms with van der Waals surface area (Å²) in [6.45, 7) is 0. The van der Waals surface area contributed by atoms with E-state index < -0.39 is 0 Å². The number of H-pyrrole nitrogens is 1. The number of rotatable bonds is 5. The van der Waals surface area contributed by atoms with Crippen molar-refractivity contribution in [2.24, 2.45) is 0 Å². The maximum absolute atomic E-state index is 12.2. The molecule has 0 fully saturated rings. The standard InChI is InChI=1S/C16H14N2O2S/c1-20-12-6-4-5-11(9-12)15(19)10-21-16-17-13-7-2-3-8-14(13)18-16/h2-9H,10H2,1H3,(H,17,18). The Labute approximate surface area is 126 Å². The van der Waals surface area contributed by atoms with Crippen molar-refractivity contribution in [3.63, 3.8) is 0 Å². The minimum absolute atomic E-state index is 0.0550. The van der Waals surface area contributed by atoms with E-state index >= 15 is 0 Å². The minimum Gasteiger partial charge on any atom is -0.497 e. The lowest BCUT2D eigenvalue weighted by molar-refractivity contribution is 0.102. The summed E-state index contributed by atoms with van der Waals surface area (Å²) in [4.78, 5) is 19.8. The molecule has 21 heavy (non-hydrogen) atoms. The highest BCUT2D eigenvalue weighted by Crippen LogP contribution is 2.21. The van der Waals surface area contributed by atoms with Gasteiger partial charge in [-0.3, -0.25) is 4.79 Å². The molecule has 0 spiro atoms. The van der Waals surface area contributed by atoms with Gasteiger partial charge in [0.25, 0.3) is 0 Å². The van der Waals surface area contributed by atoms with Gasteiger partial charge in [-0.25, -0.2) is 4.98 Å². The van der Waals surface area contributed by atoms with Crippen molar-refractivity contribution in [2.75, 3.05) is 12.9 Å². The van der Waals surface area contributed by atoms with Crippen LogP contribution in [0.5, 0.6) is 5.75 Å². The van der Waals surface area contributed by atoms with Crippen LogP contribution in [0.25, 0.3) is 11.0 Å². The molecule has 1 N–H and O–H groups in total. The highest BCUT2D eigenvalue weighted by atomic mass is 32.2. The molecule has 0 radical (unpaired) electrons. The Balaban J connectivity index is 1.70. The summed E-state index contributed by atoms with van der Waals surface area (Å²) in [6.07, 6.45) is 0. The number of carbonyl (C=O) groups excluding carboxylic acids is 1. The number of imidazole rings is 1. The van der Waals surface area contributed by atoms with Crippen molar-refractivity contribution in [3.05, 3.63) is 54.1 Å². The van der Waals surface area contributed by atoms with Crippen LogP contribution in [0.2, 0.25) is 0 Å². The normalized spacial score (nSPS) is 10.7. The van der Waals surface area contributed by atoms with Gasteiger partial charge in [-0.15, -0.1) is 0 Å². The second-order valence-corrected chi connectivity index (χ2v) is 5.47. The lowest BCUT2D eigenvalue weighted by Gasteiger charge is -2.03. The summed E-state index contributed by atoms with van der Waals surface area (Å²) >= 11 is 1.41. The van der Waals surface area contributed by atoms with Gasteiger partial charge in [0.05, 0.1) is 23.9 Å². The zero-order chi connectivity index (χ0) is 14.7. The number of Topliss-reactive ketones (excluding diaryl/α,β-unsaturated/α-hetero) is 1. The van der Waals surface area contributed by atoms with E-state index in [4.69, 9.17) is 4.74 Å². The molecular formula is C16H14N2O2S. The third kappa shape index (κ3) is 3.08.